The summed E-state index contributed by atoms with van der Waals surface area (Å²) < 4.78 is 18.0. The molecule has 0 spiro atoms. The number of aryl methyl sites for hydroxylation is 1. The van der Waals surface area contributed by atoms with Gasteiger partial charge >= 0.3 is 5.97 Å². The Morgan fingerprint density at radius 1 is 1.32 bits per heavy atom. The minimum atomic E-state index is -0.467. The monoisotopic (exact) mass is 364 g/mol. The number of carbonyl (C=O) groups is 2. The first-order valence-electron chi connectivity index (χ1n) is 7.73. The lowest BCUT2D eigenvalue weighted by Gasteiger charge is -2.16. The fraction of sp³-hybridized carbons (Fsp3) is 0.333. The zero-order valence-corrected chi connectivity index (χ0v) is 15.5. The first-order chi connectivity index (χ1) is 11.8. The number of benzene rings is 1. The van der Waals surface area contributed by atoms with Crippen LogP contribution in [0.4, 0.5) is 9.39 Å². The number of anilines is 1. The summed E-state index contributed by atoms with van der Waals surface area (Å²) in [5.74, 6) is -1.02. The SMILES string of the molecule is COC(=O)c1c(NC(=O)CN(C)Cc2cccc(F)c2)sc(C)c1C. The molecule has 1 heterocycles. The molecule has 0 aliphatic carbocycles. The molecule has 0 aliphatic heterocycles. The maximum absolute atomic E-state index is 13.2. The quantitative estimate of drug-likeness (QED) is 0.799. The van der Waals surface area contributed by atoms with E-state index in [9.17, 15) is 14.0 Å². The van der Waals surface area contributed by atoms with Crippen LogP contribution in [-0.2, 0) is 16.1 Å². The smallest absolute Gasteiger partial charge is 0.341 e. The molecule has 0 aliphatic rings. The summed E-state index contributed by atoms with van der Waals surface area (Å²) in [6.07, 6.45) is 0. The van der Waals surface area contributed by atoms with E-state index in [1.54, 1.807) is 24.1 Å². The molecule has 25 heavy (non-hydrogen) atoms. The fourth-order valence-electron chi connectivity index (χ4n) is 2.48. The van der Waals surface area contributed by atoms with Gasteiger partial charge in [0.1, 0.15) is 10.8 Å². The summed E-state index contributed by atoms with van der Waals surface area (Å²) in [5, 5.41) is 3.27. The molecule has 0 saturated carbocycles. The predicted octanol–water partition coefficient (Wildman–Crippen LogP) is 3.36. The van der Waals surface area contributed by atoms with Gasteiger partial charge in [0.05, 0.1) is 19.2 Å². The molecule has 0 saturated heterocycles. The maximum Gasteiger partial charge on any atom is 0.341 e. The lowest BCUT2D eigenvalue weighted by molar-refractivity contribution is -0.117. The number of nitrogens with one attached hydrogen (secondary N) is 1. The minimum absolute atomic E-state index is 0.118. The van der Waals surface area contributed by atoms with Crippen molar-refractivity contribution >= 4 is 28.2 Å². The van der Waals surface area contributed by atoms with E-state index in [4.69, 9.17) is 4.74 Å². The Morgan fingerprint density at radius 3 is 2.68 bits per heavy atom. The van der Waals surface area contributed by atoms with Crippen molar-refractivity contribution in [2.75, 3.05) is 26.0 Å². The third-order valence-corrected chi connectivity index (χ3v) is 4.91. The predicted molar refractivity (Wildman–Crippen MR) is 96.5 cm³/mol. The van der Waals surface area contributed by atoms with Crippen LogP contribution < -0.4 is 5.32 Å². The van der Waals surface area contributed by atoms with Crippen LogP contribution in [0.25, 0.3) is 0 Å². The highest BCUT2D eigenvalue weighted by atomic mass is 32.1. The number of thiophene rings is 1. The lowest BCUT2D eigenvalue weighted by atomic mass is 10.1. The van der Waals surface area contributed by atoms with Gasteiger partial charge in [0.25, 0.3) is 0 Å². The summed E-state index contributed by atoms with van der Waals surface area (Å²) >= 11 is 1.35. The van der Waals surface area contributed by atoms with E-state index in [0.29, 0.717) is 17.1 Å². The van der Waals surface area contributed by atoms with Gasteiger partial charge in [0.2, 0.25) is 5.91 Å². The Hall–Kier alpha value is -2.25. The van der Waals surface area contributed by atoms with Crippen molar-refractivity contribution in [1.29, 1.82) is 0 Å². The zero-order chi connectivity index (χ0) is 18.6. The van der Waals surface area contributed by atoms with E-state index < -0.39 is 5.97 Å². The minimum Gasteiger partial charge on any atom is -0.465 e. The van der Waals surface area contributed by atoms with Crippen molar-refractivity contribution in [3.05, 3.63) is 51.7 Å². The van der Waals surface area contributed by atoms with E-state index in [1.807, 2.05) is 13.8 Å². The normalized spacial score (nSPS) is 10.8. The van der Waals surface area contributed by atoms with Crippen molar-refractivity contribution in [1.82, 2.24) is 4.90 Å². The topological polar surface area (TPSA) is 58.6 Å². The average molecular weight is 364 g/mol. The van der Waals surface area contributed by atoms with E-state index >= 15 is 0 Å². The Balaban J connectivity index is 2.03. The molecule has 1 N–H and O–H groups in total. The molecular formula is C18H21FN2O3S. The highest BCUT2D eigenvalue weighted by molar-refractivity contribution is 7.16. The highest BCUT2D eigenvalue weighted by Gasteiger charge is 2.21. The summed E-state index contributed by atoms with van der Waals surface area (Å²) in [5.41, 5.74) is 1.99. The van der Waals surface area contributed by atoms with Gasteiger partial charge in [0, 0.05) is 11.4 Å². The van der Waals surface area contributed by atoms with E-state index in [-0.39, 0.29) is 18.3 Å². The molecule has 2 aromatic rings. The van der Waals surface area contributed by atoms with Crippen molar-refractivity contribution in [3.8, 4) is 0 Å². The van der Waals surface area contributed by atoms with Crippen LogP contribution in [0, 0.1) is 19.7 Å². The van der Waals surface area contributed by atoms with Crippen LogP contribution in [0.1, 0.15) is 26.4 Å². The fourth-order valence-corrected chi connectivity index (χ4v) is 3.54. The number of ether oxygens (including phenoxy) is 1. The Kier molecular flexibility index (Phi) is 6.27. The molecule has 1 aromatic carbocycles. The second-order valence-corrected chi connectivity index (χ2v) is 7.05. The number of rotatable bonds is 6. The summed E-state index contributed by atoms with van der Waals surface area (Å²) in [6.45, 7) is 4.27. The van der Waals surface area contributed by atoms with Gasteiger partial charge in [-0.05, 0) is 44.2 Å². The number of likely N-dealkylation sites (N-methyl/N-ethyl adjacent to an activating group) is 1. The van der Waals surface area contributed by atoms with Crippen LogP contribution in [0.15, 0.2) is 24.3 Å². The zero-order valence-electron chi connectivity index (χ0n) is 14.7. The van der Waals surface area contributed by atoms with E-state index in [0.717, 1.165) is 16.0 Å². The van der Waals surface area contributed by atoms with Crippen LogP contribution in [0.3, 0.4) is 0 Å². The van der Waals surface area contributed by atoms with E-state index in [2.05, 4.69) is 5.32 Å². The second kappa shape index (κ2) is 8.22. The average Bonchev–Trinajstić information content (AvgIpc) is 2.80. The largest absolute Gasteiger partial charge is 0.465 e. The molecule has 0 fully saturated rings. The van der Waals surface area contributed by atoms with E-state index in [1.165, 1.54) is 30.6 Å². The van der Waals surface area contributed by atoms with Crippen molar-refractivity contribution in [2.24, 2.45) is 0 Å². The number of amides is 1. The molecular weight excluding hydrogens is 343 g/mol. The van der Waals surface area contributed by atoms with Crippen LogP contribution in [0.5, 0.6) is 0 Å². The number of methoxy groups -OCH3 is 1. The number of hydrogen-bond acceptors (Lipinski definition) is 5. The van der Waals surface area contributed by atoms with Crippen molar-refractivity contribution < 1.29 is 18.7 Å². The van der Waals surface area contributed by atoms with Gasteiger partial charge < -0.3 is 10.1 Å². The third kappa shape index (κ3) is 4.87. The molecule has 0 bridgehead atoms. The van der Waals surface area contributed by atoms with Crippen molar-refractivity contribution in [3.63, 3.8) is 0 Å². The van der Waals surface area contributed by atoms with Crippen LogP contribution in [0.2, 0.25) is 0 Å². The Bertz CT molecular complexity index is 789. The summed E-state index contributed by atoms with van der Waals surface area (Å²) in [4.78, 5) is 26.9. The Labute approximate surface area is 150 Å². The van der Waals surface area contributed by atoms with Gasteiger partial charge in [-0.15, -0.1) is 11.3 Å². The molecule has 7 heteroatoms. The number of nitrogens with zero attached hydrogens (tertiary/aromatic N) is 1. The van der Waals surface area contributed by atoms with Crippen LogP contribution >= 0.6 is 11.3 Å². The molecule has 2 rings (SSSR count). The maximum atomic E-state index is 13.2. The van der Waals surface area contributed by atoms with Gasteiger partial charge in [-0.1, -0.05) is 12.1 Å². The number of halogens is 1. The van der Waals surface area contributed by atoms with Gasteiger partial charge in [-0.25, -0.2) is 9.18 Å². The second-order valence-electron chi connectivity index (χ2n) is 5.83. The van der Waals surface area contributed by atoms with Gasteiger partial charge in [0.15, 0.2) is 0 Å². The lowest BCUT2D eigenvalue weighted by Crippen LogP contribution is -2.30. The molecule has 0 radical (unpaired) electrons. The number of hydrogen-bond donors (Lipinski definition) is 1. The summed E-state index contributed by atoms with van der Waals surface area (Å²) in [6, 6.07) is 6.26. The summed E-state index contributed by atoms with van der Waals surface area (Å²) in [7, 11) is 3.09. The van der Waals surface area contributed by atoms with Crippen LogP contribution in [-0.4, -0.2) is 37.5 Å². The number of carbonyl (C=O) groups excluding carboxylic acids is 2. The highest BCUT2D eigenvalue weighted by Crippen LogP contribution is 2.32. The first-order valence-corrected chi connectivity index (χ1v) is 8.54. The molecule has 0 atom stereocenters. The molecule has 0 unspecified atom stereocenters. The third-order valence-electron chi connectivity index (χ3n) is 3.78. The molecule has 1 aromatic heterocycles. The van der Waals surface area contributed by atoms with Gasteiger partial charge in [-0.2, -0.15) is 0 Å². The first kappa shape index (κ1) is 19.1. The van der Waals surface area contributed by atoms with Gasteiger partial charge in [-0.3, -0.25) is 9.69 Å². The number of esters is 1. The Morgan fingerprint density at radius 2 is 2.04 bits per heavy atom. The molecule has 5 nitrogen and oxygen atoms in total. The van der Waals surface area contributed by atoms with Crippen molar-refractivity contribution in [2.45, 2.75) is 20.4 Å². The molecule has 134 valence electrons. The molecule has 1 amide bonds. The standard InChI is InChI=1S/C18H21FN2O3S/c1-11-12(2)25-17(16(11)18(23)24-4)20-15(22)10-21(3)9-13-6-5-7-14(19)8-13/h5-8H,9-10H2,1-4H3,(H,20,22).